The van der Waals surface area contributed by atoms with Crippen LogP contribution in [0.2, 0.25) is 0 Å². The average molecular weight is 359 g/mol. The lowest BCUT2D eigenvalue weighted by molar-refractivity contribution is -0.130. The third-order valence-corrected chi connectivity index (χ3v) is 3.84. The van der Waals surface area contributed by atoms with Gasteiger partial charge in [0.15, 0.2) is 6.61 Å². The molecule has 0 aliphatic rings. The van der Waals surface area contributed by atoms with Crippen molar-refractivity contribution in [2.75, 3.05) is 27.7 Å². The van der Waals surface area contributed by atoms with E-state index in [-0.39, 0.29) is 18.4 Å². The molecule has 2 amide bonds. The summed E-state index contributed by atoms with van der Waals surface area (Å²) in [6.45, 7) is 0.335. The van der Waals surface area contributed by atoms with Gasteiger partial charge in [0.2, 0.25) is 5.91 Å². The van der Waals surface area contributed by atoms with Gasteiger partial charge in [-0.05, 0) is 24.7 Å². The smallest absolute Gasteiger partial charge is 0.259 e. The summed E-state index contributed by atoms with van der Waals surface area (Å²) in [7, 11) is 6.89. The molecule has 0 aliphatic heterocycles. The van der Waals surface area contributed by atoms with Crippen molar-refractivity contribution in [2.24, 2.45) is 7.05 Å². The Morgan fingerprint density at radius 2 is 2.12 bits per heavy atom. The van der Waals surface area contributed by atoms with Gasteiger partial charge in [-0.2, -0.15) is 5.10 Å². The normalized spacial score (nSPS) is 11.7. The van der Waals surface area contributed by atoms with Crippen molar-refractivity contribution in [3.05, 3.63) is 47.8 Å². The highest BCUT2D eigenvalue weighted by atomic mass is 16.5. The van der Waals surface area contributed by atoms with E-state index in [0.29, 0.717) is 12.3 Å². The van der Waals surface area contributed by atoms with Crippen molar-refractivity contribution in [3.8, 4) is 5.75 Å². The second-order valence-corrected chi connectivity index (χ2v) is 6.11. The SMILES string of the molecule is CNC(C(=O)NCc1cccc(OCC(=O)N(C)C)c1)c1cnn(C)c1. The van der Waals surface area contributed by atoms with Crippen LogP contribution in [0, 0.1) is 0 Å². The molecule has 2 aromatic rings. The number of rotatable bonds is 8. The summed E-state index contributed by atoms with van der Waals surface area (Å²) >= 11 is 0. The van der Waals surface area contributed by atoms with Gasteiger partial charge in [-0.3, -0.25) is 14.3 Å². The number of benzene rings is 1. The molecule has 2 N–H and O–H groups in total. The fourth-order valence-corrected chi connectivity index (χ4v) is 2.35. The summed E-state index contributed by atoms with van der Waals surface area (Å²) < 4.78 is 7.15. The Kier molecular flexibility index (Phi) is 6.74. The summed E-state index contributed by atoms with van der Waals surface area (Å²) in [5, 5.41) is 9.98. The second kappa shape index (κ2) is 9.00. The first kappa shape index (κ1) is 19.5. The topological polar surface area (TPSA) is 88.5 Å². The largest absolute Gasteiger partial charge is 0.484 e. The fourth-order valence-electron chi connectivity index (χ4n) is 2.35. The molecule has 8 heteroatoms. The molecule has 8 nitrogen and oxygen atoms in total. The summed E-state index contributed by atoms with van der Waals surface area (Å²) in [6, 6.07) is 6.83. The van der Waals surface area contributed by atoms with Gasteiger partial charge < -0.3 is 20.3 Å². The van der Waals surface area contributed by atoms with Gasteiger partial charge in [0.1, 0.15) is 11.8 Å². The maximum atomic E-state index is 12.4. The molecule has 1 atom stereocenters. The third kappa shape index (κ3) is 5.32. The number of amides is 2. The number of hydrogen-bond donors (Lipinski definition) is 2. The van der Waals surface area contributed by atoms with E-state index in [4.69, 9.17) is 4.74 Å². The second-order valence-electron chi connectivity index (χ2n) is 6.11. The molecule has 1 aromatic heterocycles. The zero-order chi connectivity index (χ0) is 19.1. The van der Waals surface area contributed by atoms with E-state index >= 15 is 0 Å². The molecule has 140 valence electrons. The van der Waals surface area contributed by atoms with E-state index in [1.165, 1.54) is 4.90 Å². The molecule has 1 heterocycles. The number of hydrogen-bond acceptors (Lipinski definition) is 5. The lowest BCUT2D eigenvalue weighted by Gasteiger charge is -2.15. The van der Waals surface area contributed by atoms with Crippen molar-refractivity contribution >= 4 is 11.8 Å². The molecule has 0 bridgehead atoms. The van der Waals surface area contributed by atoms with Crippen LogP contribution < -0.4 is 15.4 Å². The van der Waals surface area contributed by atoms with Gasteiger partial charge >= 0.3 is 0 Å². The number of likely N-dealkylation sites (N-methyl/N-ethyl adjacent to an activating group) is 2. The number of nitrogens with zero attached hydrogens (tertiary/aromatic N) is 3. The van der Waals surface area contributed by atoms with Crippen molar-refractivity contribution in [2.45, 2.75) is 12.6 Å². The van der Waals surface area contributed by atoms with Crippen LogP contribution in [0.25, 0.3) is 0 Å². The molecule has 1 unspecified atom stereocenters. The third-order valence-electron chi connectivity index (χ3n) is 3.84. The van der Waals surface area contributed by atoms with Crippen LogP contribution in [0.5, 0.6) is 5.75 Å². The van der Waals surface area contributed by atoms with Gasteiger partial charge in [-0.1, -0.05) is 12.1 Å². The number of ether oxygens (including phenoxy) is 1. The Balaban J connectivity index is 1.93. The standard InChI is InChI=1S/C18H25N5O3/c1-19-17(14-10-21-23(4)11-14)18(25)20-9-13-6-5-7-15(8-13)26-12-16(24)22(2)3/h5-8,10-11,17,19H,9,12H2,1-4H3,(H,20,25). The number of aromatic nitrogens is 2. The predicted molar refractivity (Wildman–Crippen MR) is 97.5 cm³/mol. The van der Waals surface area contributed by atoms with Crippen molar-refractivity contribution in [1.82, 2.24) is 25.3 Å². The first-order valence-corrected chi connectivity index (χ1v) is 8.26. The van der Waals surface area contributed by atoms with Gasteiger partial charge in [-0.15, -0.1) is 0 Å². The molecule has 0 fully saturated rings. The highest BCUT2D eigenvalue weighted by Gasteiger charge is 2.19. The Morgan fingerprint density at radius 1 is 1.35 bits per heavy atom. The number of carbonyl (C=O) groups excluding carboxylic acids is 2. The molecule has 0 aliphatic carbocycles. The Morgan fingerprint density at radius 3 is 2.73 bits per heavy atom. The van der Waals surface area contributed by atoms with Crippen molar-refractivity contribution in [3.63, 3.8) is 0 Å². The van der Waals surface area contributed by atoms with E-state index < -0.39 is 6.04 Å². The van der Waals surface area contributed by atoms with Crippen LogP contribution in [0.15, 0.2) is 36.7 Å². The molecule has 0 radical (unpaired) electrons. The Labute approximate surface area is 153 Å². The van der Waals surface area contributed by atoms with E-state index in [9.17, 15) is 9.59 Å². The Bertz CT molecular complexity index is 757. The van der Waals surface area contributed by atoms with Gasteiger partial charge in [-0.25, -0.2) is 0 Å². The summed E-state index contributed by atoms with van der Waals surface area (Å²) in [4.78, 5) is 25.5. The number of carbonyl (C=O) groups is 2. The minimum absolute atomic E-state index is 0.0222. The summed E-state index contributed by atoms with van der Waals surface area (Å²) in [6.07, 6.45) is 3.47. The predicted octanol–water partition coefficient (Wildman–Crippen LogP) is 0.464. The minimum atomic E-state index is -0.471. The van der Waals surface area contributed by atoms with E-state index in [1.54, 1.807) is 51.3 Å². The molecule has 2 rings (SSSR count). The van der Waals surface area contributed by atoms with Crippen molar-refractivity contribution < 1.29 is 14.3 Å². The number of nitrogens with one attached hydrogen (secondary N) is 2. The van der Waals surface area contributed by atoms with Gasteiger partial charge in [0, 0.05) is 39.4 Å². The van der Waals surface area contributed by atoms with Crippen LogP contribution in [0.1, 0.15) is 17.2 Å². The fraction of sp³-hybridized carbons (Fsp3) is 0.389. The molecule has 0 saturated carbocycles. The van der Waals surface area contributed by atoms with Gasteiger partial charge in [0.05, 0.1) is 6.20 Å². The summed E-state index contributed by atoms with van der Waals surface area (Å²) in [5.41, 5.74) is 1.68. The van der Waals surface area contributed by atoms with Crippen LogP contribution in [-0.4, -0.2) is 54.2 Å². The maximum absolute atomic E-state index is 12.4. The molecule has 0 spiro atoms. The zero-order valence-electron chi connectivity index (χ0n) is 15.5. The van der Waals surface area contributed by atoms with Crippen molar-refractivity contribution in [1.29, 1.82) is 0 Å². The minimum Gasteiger partial charge on any atom is -0.484 e. The van der Waals surface area contributed by atoms with E-state index in [1.807, 2.05) is 18.2 Å². The average Bonchev–Trinajstić information content (AvgIpc) is 3.04. The first-order valence-electron chi connectivity index (χ1n) is 8.26. The zero-order valence-corrected chi connectivity index (χ0v) is 15.5. The molecule has 26 heavy (non-hydrogen) atoms. The highest BCUT2D eigenvalue weighted by molar-refractivity contribution is 5.83. The van der Waals surface area contributed by atoms with Crippen LogP contribution in [0.4, 0.5) is 0 Å². The highest BCUT2D eigenvalue weighted by Crippen LogP contribution is 2.15. The van der Waals surface area contributed by atoms with Crippen LogP contribution in [0.3, 0.4) is 0 Å². The quantitative estimate of drug-likeness (QED) is 0.715. The summed E-state index contributed by atoms with van der Waals surface area (Å²) in [5.74, 6) is 0.330. The lowest BCUT2D eigenvalue weighted by Crippen LogP contribution is -2.35. The maximum Gasteiger partial charge on any atom is 0.259 e. The van der Waals surface area contributed by atoms with E-state index in [0.717, 1.165) is 11.1 Å². The molecular weight excluding hydrogens is 334 g/mol. The monoisotopic (exact) mass is 359 g/mol. The first-order chi connectivity index (χ1) is 12.4. The van der Waals surface area contributed by atoms with Gasteiger partial charge in [0.25, 0.3) is 5.91 Å². The number of aryl methyl sites for hydroxylation is 1. The Hall–Kier alpha value is -2.87. The molecular formula is C18H25N5O3. The lowest BCUT2D eigenvalue weighted by atomic mass is 10.1. The van der Waals surface area contributed by atoms with Crippen LogP contribution in [-0.2, 0) is 23.2 Å². The van der Waals surface area contributed by atoms with E-state index in [2.05, 4.69) is 15.7 Å². The van der Waals surface area contributed by atoms with Crippen LogP contribution >= 0.6 is 0 Å². The molecule has 0 saturated heterocycles. The molecule has 1 aromatic carbocycles.